The van der Waals surface area contributed by atoms with Gasteiger partial charge in [-0.05, 0) is 55.9 Å². The predicted molar refractivity (Wildman–Crippen MR) is 199 cm³/mol. The van der Waals surface area contributed by atoms with Gasteiger partial charge in [0.1, 0.15) is 23.2 Å². The molecule has 1 saturated heterocycles. The van der Waals surface area contributed by atoms with Crippen LogP contribution in [-0.2, 0) is 28.7 Å². The van der Waals surface area contributed by atoms with E-state index in [4.69, 9.17) is 24.7 Å². The number of amides is 6. The lowest BCUT2D eigenvalue weighted by atomic mass is 9.70. The van der Waals surface area contributed by atoms with Gasteiger partial charge in [-0.3, -0.25) is 39.0 Å². The summed E-state index contributed by atoms with van der Waals surface area (Å²) in [6, 6.07) is 11.8. The molecule has 6 N–H and O–H groups in total. The Labute approximate surface area is 326 Å². The number of piperidine rings is 1. The van der Waals surface area contributed by atoms with Crippen LogP contribution in [0.15, 0.2) is 48.5 Å². The minimum absolute atomic E-state index is 0.00131. The second-order valence-electron chi connectivity index (χ2n) is 14.5. The number of para-hydroxylation sites is 1. The summed E-state index contributed by atoms with van der Waals surface area (Å²) < 4.78 is 22.8. The molecule has 0 radical (unpaired) electrons. The van der Waals surface area contributed by atoms with E-state index in [-0.39, 0.29) is 78.3 Å². The van der Waals surface area contributed by atoms with E-state index in [0.717, 1.165) is 17.7 Å². The number of phenols is 1. The number of hydrogen-bond acceptors (Lipinski definition) is 14. The molecule has 57 heavy (non-hydrogen) atoms. The molecule has 2 aromatic carbocycles. The first-order chi connectivity index (χ1) is 27.5. The van der Waals surface area contributed by atoms with Crippen molar-refractivity contribution in [3.63, 3.8) is 0 Å². The lowest BCUT2D eigenvalue weighted by Crippen LogP contribution is -2.54. The quantitative estimate of drug-likeness (QED) is 0.0891. The molecule has 2 unspecified atom stereocenters. The maximum Gasteiger partial charge on any atom is 0.266 e. The van der Waals surface area contributed by atoms with Gasteiger partial charge in [0.2, 0.25) is 17.7 Å². The molecular weight excluding hydrogens is 742 g/mol. The van der Waals surface area contributed by atoms with Gasteiger partial charge in [0.25, 0.3) is 17.7 Å². The average molecular weight is 786 g/mol. The first-order valence-electron chi connectivity index (χ1n) is 18.8. The van der Waals surface area contributed by atoms with Gasteiger partial charge in [0, 0.05) is 42.5 Å². The zero-order valence-electron chi connectivity index (χ0n) is 31.0. The summed E-state index contributed by atoms with van der Waals surface area (Å²) >= 11 is 0. The Morgan fingerprint density at radius 1 is 0.877 bits per heavy atom. The van der Waals surface area contributed by atoms with Crippen molar-refractivity contribution in [1.29, 1.82) is 0 Å². The fourth-order valence-corrected chi connectivity index (χ4v) is 7.93. The van der Waals surface area contributed by atoms with Gasteiger partial charge in [0.05, 0.1) is 44.2 Å². The molecule has 3 aromatic rings. The van der Waals surface area contributed by atoms with Crippen molar-refractivity contribution in [1.82, 2.24) is 31.0 Å². The molecule has 3 heterocycles. The smallest absolute Gasteiger partial charge is 0.266 e. The fourth-order valence-electron chi connectivity index (χ4n) is 7.93. The van der Waals surface area contributed by atoms with E-state index >= 15 is 0 Å². The number of fused-ring (bicyclic) bond motifs is 2. The van der Waals surface area contributed by atoms with Crippen molar-refractivity contribution >= 4 is 41.3 Å². The van der Waals surface area contributed by atoms with Crippen LogP contribution >= 0.6 is 0 Å². The van der Waals surface area contributed by atoms with Crippen LogP contribution in [0.5, 0.6) is 17.2 Å². The van der Waals surface area contributed by atoms with Gasteiger partial charge in [-0.2, -0.15) is 0 Å². The summed E-state index contributed by atoms with van der Waals surface area (Å²) in [5.41, 5.74) is 6.91. The molecule has 300 valence electrons. The molecule has 18 nitrogen and oxygen atoms in total. The molecule has 1 aromatic heterocycles. The third-order valence-corrected chi connectivity index (χ3v) is 10.7. The molecule has 0 spiro atoms. The number of hydrogen-bond donors (Lipinski definition) is 5. The lowest BCUT2D eigenvalue weighted by Gasteiger charge is -2.38. The molecular formula is C39H43N7O11. The average Bonchev–Trinajstić information content (AvgIpc) is 3.83. The summed E-state index contributed by atoms with van der Waals surface area (Å²) in [6.07, 6.45) is 2.52. The largest absolute Gasteiger partial charge is 0.507 e. The Morgan fingerprint density at radius 2 is 1.61 bits per heavy atom. The normalized spacial score (nSPS) is 22.1. The molecule has 5 aliphatic rings. The highest BCUT2D eigenvalue weighted by atomic mass is 16.5. The number of benzene rings is 2. The van der Waals surface area contributed by atoms with Gasteiger partial charge in [-0.15, -0.1) is 10.2 Å². The third kappa shape index (κ3) is 8.51. The van der Waals surface area contributed by atoms with Crippen molar-refractivity contribution in [2.75, 3.05) is 58.5 Å². The molecule has 3 aliphatic carbocycles. The van der Waals surface area contributed by atoms with Crippen LogP contribution in [-0.4, -0.2) is 114 Å². The Kier molecular flexibility index (Phi) is 11.6. The molecule has 2 atom stereocenters. The number of rotatable bonds is 18. The Balaban J connectivity index is 0.736. The highest BCUT2D eigenvalue weighted by Gasteiger charge is 2.58. The zero-order chi connectivity index (χ0) is 40.1. The summed E-state index contributed by atoms with van der Waals surface area (Å²) in [6.45, 7) is 1.60. The van der Waals surface area contributed by atoms with E-state index in [2.05, 4.69) is 26.1 Å². The van der Waals surface area contributed by atoms with Gasteiger partial charge >= 0.3 is 0 Å². The Hall–Kier alpha value is -6.14. The van der Waals surface area contributed by atoms with Crippen LogP contribution in [0.4, 0.5) is 5.82 Å². The van der Waals surface area contributed by atoms with Crippen LogP contribution in [0.1, 0.15) is 52.8 Å². The number of aromatic nitrogens is 2. The number of nitrogens with two attached hydrogens (primary N) is 1. The molecule has 8 rings (SSSR count). The topological polar surface area (TPSA) is 251 Å². The highest BCUT2D eigenvalue weighted by molar-refractivity contribution is 6.24. The maximum absolute atomic E-state index is 13.2. The number of carbonyl (C=O) groups excluding carboxylic acids is 6. The van der Waals surface area contributed by atoms with Gasteiger partial charge in [-0.25, -0.2) is 0 Å². The van der Waals surface area contributed by atoms with Crippen LogP contribution in [0, 0.1) is 17.3 Å². The minimum atomic E-state index is -1.11. The number of imide groups is 2. The van der Waals surface area contributed by atoms with Crippen molar-refractivity contribution in [2.24, 2.45) is 17.3 Å². The van der Waals surface area contributed by atoms with E-state index in [1.54, 1.807) is 30.3 Å². The SMILES string of the molecule is Nc1nnc(-c2ccccc2O)cc1OCC12CC(C1)C(C(=O)NCCOCCOCCNC(=O)COc1cccc3c1C(=O)N(C1CCC(=O)NC1=O)C3=O)C2. The van der Waals surface area contributed by atoms with Gasteiger partial charge in [0.15, 0.2) is 18.2 Å². The molecule has 2 bridgehead atoms. The first kappa shape index (κ1) is 39.1. The number of nitrogens with one attached hydrogen (secondary N) is 3. The van der Waals surface area contributed by atoms with Crippen molar-refractivity contribution in [3.8, 4) is 28.5 Å². The summed E-state index contributed by atoms with van der Waals surface area (Å²) in [7, 11) is 0. The summed E-state index contributed by atoms with van der Waals surface area (Å²) in [5, 5.41) is 26.0. The van der Waals surface area contributed by atoms with Crippen molar-refractivity contribution in [2.45, 2.75) is 38.1 Å². The molecule has 4 fully saturated rings. The molecule has 18 heteroatoms. The third-order valence-electron chi connectivity index (χ3n) is 10.7. The van der Waals surface area contributed by atoms with Gasteiger partial charge in [-0.1, -0.05) is 18.2 Å². The van der Waals surface area contributed by atoms with E-state index < -0.39 is 42.2 Å². The Bertz CT molecular complexity index is 2070. The van der Waals surface area contributed by atoms with Crippen LogP contribution in [0.25, 0.3) is 11.3 Å². The van der Waals surface area contributed by atoms with Crippen LogP contribution < -0.4 is 31.2 Å². The van der Waals surface area contributed by atoms with Crippen molar-refractivity contribution in [3.05, 3.63) is 59.7 Å². The molecule has 3 saturated carbocycles. The second kappa shape index (κ2) is 16.9. The Morgan fingerprint density at radius 3 is 2.37 bits per heavy atom. The maximum atomic E-state index is 13.2. The fraction of sp³-hybridized carbons (Fsp3) is 0.436. The van der Waals surface area contributed by atoms with Gasteiger partial charge < -0.3 is 40.4 Å². The number of anilines is 1. The molecule has 2 aliphatic heterocycles. The number of ether oxygens (including phenoxy) is 4. The summed E-state index contributed by atoms with van der Waals surface area (Å²) in [5.74, 6) is -2.21. The van der Waals surface area contributed by atoms with E-state index in [1.165, 1.54) is 18.2 Å². The van der Waals surface area contributed by atoms with Crippen molar-refractivity contribution < 1.29 is 52.8 Å². The number of nitrogen functional groups attached to an aromatic ring is 1. The summed E-state index contributed by atoms with van der Waals surface area (Å²) in [4.78, 5) is 76.2. The monoisotopic (exact) mass is 785 g/mol. The standard InChI is InChI=1S/C39H43N7O11/c40-34-30(16-26(44-45-34)23-4-1-2-6-28(23)47)57-21-39-17-22(18-39)25(19-39)35(50)42-11-13-55-15-14-54-12-10-41-32(49)20-56-29-7-3-5-24-33(29)38(53)46(37(24)52)27-8-9-31(48)43-36(27)51/h1-7,16,22,25,27,47H,8-15,17-21H2,(H2,40,45)(H,41,49)(H,42,50)(H,43,48,51). The minimum Gasteiger partial charge on any atom is -0.507 e. The number of carbonyl (C=O) groups is 6. The second-order valence-corrected chi connectivity index (χ2v) is 14.5. The molecule has 6 amide bonds. The number of nitrogens with zero attached hydrogens (tertiary/aromatic N) is 3. The number of phenolic OH excluding ortho intramolecular Hbond substituents is 1. The highest BCUT2D eigenvalue weighted by Crippen LogP contribution is 2.62. The first-order valence-corrected chi connectivity index (χ1v) is 18.8. The zero-order valence-corrected chi connectivity index (χ0v) is 31.0. The van der Waals surface area contributed by atoms with E-state index in [0.29, 0.717) is 55.7 Å². The van der Waals surface area contributed by atoms with Crippen LogP contribution in [0.3, 0.4) is 0 Å². The predicted octanol–water partition coefficient (Wildman–Crippen LogP) is 0.972. The van der Waals surface area contributed by atoms with E-state index in [1.807, 2.05) is 0 Å². The van der Waals surface area contributed by atoms with E-state index in [9.17, 15) is 33.9 Å². The lowest BCUT2D eigenvalue weighted by molar-refractivity contribution is -0.136. The van der Waals surface area contributed by atoms with Crippen LogP contribution in [0.2, 0.25) is 0 Å². The number of aromatic hydroxyl groups is 1.